The number of nitrogens with one attached hydrogen (secondary N) is 1. The lowest BCUT2D eigenvalue weighted by Crippen LogP contribution is -2.50. The minimum Gasteiger partial charge on any atom is -0.391 e. The van der Waals surface area contributed by atoms with Crippen LogP contribution in [0.25, 0.3) is 0 Å². The van der Waals surface area contributed by atoms with E-state index in [9.17, 15) is 23.5 Å². The Kier molecular flexibility index (Phi) is 7.58. The van der Waals surface area contributed by atoms with Crippen molar-refractivity contribution < 1.29 is 23.5 Å². The van der Waals surface area contributed by atoms with Gasteiger partial charge in [-0.15, -0.1) is 0 Å². The lowest BCUT2D eigenvalue weighted by molar-refractivity contribution is -0.136. The first-order valence-electron chi connectivity index (χ1n) is 10.6. The third kappa shape index (κ3) is 5.31. The number of carbonyl (C=O) groups excluding carboxylic acids is 2. The fraction of sp³-hybridized carbons (Fsp3) is 0.333. The van der Waals surface area contributed by atoms with Crippen LogP contribution in [0, 0.1) is 11.6 Å². The Labute approximate surface area is 185 Å². The summed E-state index contributed by atoms with van der Waals surface area (Å²) < 4.78 is 28.1. The molecule has 32 heavy (non-hydrogen) atoms. The van der Waals surface area contributed by atoms with Gasteiger partial charge in [0.15, 0.2) is 0 Å². The van der Waals surface area contributed by atoms with E-state index in [2.05, 4.69) is 5.32 Å². The number of hydrogen-bond donors (Lipinski definition) is 3. The summed E-state index contributed by atoms with van der Waals surface area (Å²) in [6.45, 7) is 0.914. The van der Waals surface area contributed by atoms with E-state index < -0.39 is 29.2 Å². The van der Waals surface area contributed by atoms with Gasteiger partial charge in [0.05, 0.1) is 6.04 Å². The van der Waals surface area contributed by atoms with E-state index in [1.807, 2.05) is 0 Å². The van der Waals surface area contributed by atoms with Gasteiger partial charge in [0, 0.05) is 31.8 Å². The van der Waals surface area contributed by atoms with Crippen molar-refractivity contribution >= 4 is 11.8 Å². The Morgan fingerprint density at radius 3 is 2.34 bits per heavy atom. The molecule has 0 spiro atoms. The van der Waals surface area contributed by atoms with Crippen molar-refractivity contribution in [1.82, 2.24) is 10.2 Å². The lowest BCUT2D eigenvalue weighted by Gasteiger charge is -2.40. The Morgan fingerprint density at radius 1 is 1.16 bits per heavy atom. The van der Waals surface area contributed by atoms with Crippen LogP contribution in [0.2, 0.25) is 0 Å². The summed E-state index contributed by atoms with van der Waals surface area (Å²) in [5, 5.41) is 14.8. The standard InChI is InChI=1S/C24H27F2N3O3/c25-19-7-1-5-17(15-19)24(32,18-6-2-8-20(26)16-18)21-9-4-14-29(21)23(31)10-3-12-28-13-11-22(27)30/h1-2,5-8,11,13,15-16,21,28,32H,3-4,9-10,12,14H2,(H2,27,30)/b13-11-/t21-/m0/s1. The molecular formula is C24H27F2N3O3. The van der Waals surface area contributed by atoms with Gasteiger partial charge < -0.3 is 21.1 Å². The molecule has 6 nitrogen and oxygen atoms in total. The van der Waals surface area contributed by atoms with E-state index in [4.69, 9.17) is 5.73 Å². The second kappa shape index (κ2) is 10.4. The van der Waals surface area contributed by atoms with Crippen LogP contribution in [0.3, 0.4) is 0 Å². The molecule has 0 saturated carbocycles. The maximum absolute atomic E-state index is 14.0. The number of hydrogen-bond acceptors (Lipinski definition) is 4. The maximum Gasteiger partial charge on any atom is 0.242 e. The van der Waals surface area contributed by atoms with E-state index in [1.165, 1.54) is 48.7 Å². The molecule has 0 unspecified atom stereocenters. The van der Waals surface area contributed by atoms with Crippen LogP contribution < -0.4 is 11.1 Å². The number of nitrogens with two attached hydrogens (primary N) is 1. The average Bonchev–Trinajstić information content (AvgIpc) is 3.26. The van der Waals surface area contributed by atoms with Gasteiger partial charge in [-0.1, -0.05) is 24.3 Å². The van der Waals surface area contributed by atoms with Crippen LogP contribution in [-0.2, 0) is 15.2 Å². The molecule has 0 bridgehead atoms. The minimum atomic E-state index is -1.77. The molecule has 0 aromatic heterocycles. The van der Waals surface area contributed by atoms with Crippen LogP contribution in [-0.4, -0.2) is 41.0 Å². The lowest BCUT2D eigenvalue weighted by atomic mass is 9.79. The fourth-order valence-corrected chi connectivity index (χ4v) is 4.21. The largest absolute Gasteiger partial charge is 0.391 e. The predicted octanol–water partition coefficient (Wildman–Crippen LogP) is 2.56. The zero-order chi connectivity index (χ0) is 23.1. The van der Waals surface area contributed by atoms with E-state index >= 15 is 0 Å². The molecule has 1 aliphatic rings. The summed E-state index contributed by atoms with van der Waals surface area (Å²) in [4.78, 5) is 25.3. The van der Waals surface area contributed by atoms with Crippen molar-refractivity contribution in [2.24, 2.45) is 5.73 Å². The molecule has 0 aliphatic carbocycles. The van der Waals surface area contributed by atoms with Gasteiger partial charge in [-0.05, 0) is 54.7 Å². The molecule has 4 N–H and O–H groups in total. The molecule has 0 radical (unpaired) electrons. The third-order valence-corrected chi connectivity index (χ3v) is 5.66. The van der Waals surface area contributed by atoms with Crippen LogP contribution in [0.1, 0.15) is 36.8 Å². The summed E-state index contributed by atoms with van der Waals surface area (Å²) in [5.74, 6) is -1.77. The molecule has 1 saturated heterocycles. The van der Waals surface area contributed by atoms with Crippen LogP contribution in [0.15, 0.2) is 60.8 Å². The topological polar surface area (TPSA) is 95.7 Å². The number of primary amides is 1. The van der Waals surface area contributed by atoms with E-state index in [0.717, 1.165) is 0 Å². The maximum atomic E-state index is 14.0. The van der Waals surface area contributed by atoms with Crippen molar-refractivity contribution in [3.63, 3.8) is 0 Å². The number of carbonyl (C=O) groups is 2. The van der Waals surface area contributed by atoms with Crippen molar-refractivity contribution in [2.75, 3.05) is 13.1 Å². The molecule has 2 amide bonds. The van der Waals surface area contributed by atoms with E-state index in [1.54, 1.807) is 17.0 Å². The summed E-state index contributed by atoms with van der Waals surface area (Å²) in [6.07, 6.45) is 4.51. The molecule has 2 aromatic rings. The van der Waals surface area contributed by atoms with Gasteiger partial charge in [-0.3, -0.25) is 9.59 Å². The van der Waals surface area contributed by atoms with Crippen LogP contribution in [0.4, 0.5) is 8.78 Å². The highest BCUT2D eigenvalue weighted by Crippen LogP contribution is 2.41. The Bertz CT molecular complexity index is 950. The van der Waals surface area contributed by atoms with Gasteiger partial charge >= 0.3 is 0 Å². The molecule has 1 fully saturated rings. The smallest absolute Gasteiger partial charge is 0.242 e. The van der Waals surface area contributed by atoms with Crippen molar-refractivity contribution in [3.05, 3.63) is 83.6 Å². The second-order valence-corrected chi connectivity index (χ2v) is 7.83. The molecule has 1 aliphatic heterocycles. The molecule has 2 aromatic carbocycles. The first-order valence-corrected chi connectivity index (χ1v) is 10.6. The van der Waals surface area contributed by atoms with Gasteiger partial charge in [-0.2, -0.15) is 0 Å². The zero-order valence-electron chi connectivity index (χ0n) is 17.6. The molecule has 1 heterocycles. The summed E-state index contributed by atoms with van der Waals surface area (Å²) in [6, 6.07) is 10.5. The normalized spacial score (nSPS) is 16.5. The number of rotatable bonds is 9. The highest BCUT2D eigenvalue weighted by molar-refractivity contribution is 5.85. The minimum absolute atomic E-state index is 0.153. The van der Waals surface area contributed by atoms with Crippen molar-refractivity contribution in [3.8, 4) is 0 Å². The number of aliphatic hydroxyl groups is 1. The first kappa shape index (κ1) is 23.4. The summed E-state index contributed by atoms with van der Waals surface area (Å²) in [5.41, 5.74) is 3.79. The van der Waals surface area contributed by atoms with Crippen LogP contribution >= 0.6 is 0 Å². The Morgan fingerprint density at radius 2 is 1.78 bits per heavy atom. The predicted molar refractivity (Wildman–Crippen MR) is 116 cm³/mol. The zero-order valence-corrected chi connectivity index (χ0v) is 17.6. The van der Waals surface area contributed by atoms with Gasteiger partial charge in [0.25, 0.3) is 0 Å². The Hall–Kier alpha value is -3.26. The number of likely N-dealkylation sites (tertiary alicyclic amines) is 1. The number of halogens is 2. The molecule has 3 rings (SSSR count). The first-order chi connectivity index (χ1) is 15.3. The number of amides is 2. The SMILES string of the molecule is NC(=O)/C=C\NCCCC(=O)N1CCC[C@H]1C(O)(c1cccc(F)c1)c1cccc(F)c1. The van der Waals surface area contributed by atoms with Crippen molar-refractivity contribution in [1.29, 1.82) is 0 Å². The molecule has 8 heteroatoms. The molecule has 170 valence electrons. The highest BCUT2D eigenvalue weighted by Gasteiger charge is 2.47. The van der Waals surface area contributed by atoms with Gasteiger partial charge in [0.2, 0.25) is 11.8 Å². The Balaban J connectivity index is 1.83. The second-order valence-electron chi connectivity index (χ2n) is 7.83. The summed E-state index contributed by atoms with van der Waals surface area (Å²) >= 11 is 0. The average molecular weight is 443 g/mol. The molecular weight excluding hydrogens is 416 g/mol. The third-order valence-electron chi connectivity index (χ3n) is 5.66. The monoisotopic (exact) mass is 443 g/mol. The van der Waals surface area contributed by atoms with E-state index in [-0.39, 0.29) is 23.5 Å². The highest BCUT2D eigenvalue weighted by atomic mass is 19.1. The molecule has 1 atom stereocenters. The quantitative estimate of drug-likeness (QED) is 0.410. The van der Waals surface area contributed by atoms with E-state index in [0.29, 0.717) is 32.4 Å². The van der Waals surface area contributed by atoms with Gasteiger partial charge in [0.1, 0.15) is 17.2 Å². The van der Waals surface area contributed by atoms with Gasteiger partial charge in [-0.25, -0.2) is 8.78 Å². The van der Waals surface area contributed by atoms with Crippen LogP contribution in [0.5, 0.6) is 0 Å². The summed E-state index contributed by atoms with van der Waals surface area (Å²) in [7, 11) is 0. The van der Waals surface area contributed by atoms with Crippen molar-refractivity contribution in [2.45, 2.75) is 37.3 Å². The number of nitrogens with zero attached hydrogens (tertiary/aromatic N) is 1. The number of benzene rings is 2. The fourth-order valence-electron chi connectivity index (χ4n) is 4.21.